The number of benzene rings is 2. The minimum atomic E-state index is -1.11. The molecule has 0 bridgehead atoms. The largest absolute Gasteiger partial charge is 0.478 e. The van der Waals surface area contributed by atoms with Gasteiger partial charge in [0.1, 0.15) is 0 Å². The van der Waals surface area contributed by atoms with E-state index in [4.69, 9.17) is 21.1 Å². The number of carboxylic acids is 1. The van der Waals surface area contributed by atoms with Crippen molar-refractivity contribution in [3.63, 3.8) is 0 Å². The van der Waals surface area contributed by atoms with E-state index in [0.717, 1.165) is 0 Å². The molecule has 0 aliphatic carbocycles. The fraction of sp³-hybridized carbons (Fsp3) is 0.133. The Balaban J connectivity index is 2.02. The Morgan fingerprint density at radius 2 is 1.75 bits per heavy atom. The predicted molar refractivity (Wildman–Crippen MR) is 73.3 cm³/mol. The molecule has 4 nitrogen and oxygen atoms in total. The number of halogens is 1. The molecule has 0 saturated carbocycles. The van der Waals surface area contributed by atoms with Gasteiger partial charge in [-0.05, 0) is 29.8 Å². The van der Waals surface area contributed by atoms with Gasteiger partial charge < -0.3 is 14.6 Å². The lowest BCUT2D eigenvalue weighted by atomic mass is 10.0. The third-order valence-electron chi connectivity index (χ3n) is 3.05. The monoisotopic (exact) mass is 290 g/mol. The van der Waals surface area contributed by atoms with Gasteiger partial charge in [-0.2, -0.15) is 0 Å². The molecule has 0 spiro atoms. The van der Waals surface area contributed by atoms with Gasteiger partial charge in [0.2, 0.25) is 6.10 Å². The second kappa shape index (κ2) is 5.06. The molecule has 1 N–H and O–H groups in total. The van der Waals surface area contributed by atoms with Crippen LogP contribution in [-0.4, -0.2) is 17.2 Å². The number of para-hydroxylation sites is 2. The van der Waals surface area contributed by atoms with Crippen LogP contribution in [0.5, 0.6) is 11.5 Å². The van der Waals surface area contributed by atoms with Gasteiger partial charge in [-0.15, -0.1) is 0 Å². The standard InChI is InChI=1S/C15H11ClO4/c16-10-5-3-4-9(8-10)13-14(15(17)18)20-12-7-2-1-6-11(12)19-13/h1-8,13-14H,(H,17,18). The Morgan fingerprint density at radius 3 is 2.40 bits per heavy atom. The molecule has 5 heteroatoms. The van der Waals surface area contributed by atoms with Crippen LogP contribution in [0.1, 0.15) is 11.7 Å². The highest BCUT2D eigenvalue weighted by atomic mass is 35.5. The van der Waals surface area contributed by atoms with Gasteiger partial charge in [0.15, 0.2) is 17.6 Å². The molecule has 1 heterocycles. The number of ether oxygens (including phenoxy) is 2. The van der Waals surface area contributed by atoms with Crippen molar-refractivity contribution in [3.05, 3.63) is 59.1 Å². The van der Waals surface area contributed by atoms with E-state index in [1.54, 1.807) is 48.5 Å². The molecule has 2 atom stereocenters. The smallest absolute Gasteiger partial charge is 0.349 e. The second-order valence-corrected chi connectivity index (χ2v) is 4.85. The molecule has 20 heavy (non-hydrogen) atoms. The number of rotatable bonds is 2. The number of carbonyl (C=O) groups is 1. The van der Waals surface area contributed by atoms with Crippen LogP contribution < -0.4 is 9.47 Å². The molecule has 1 aliphatic heterocycles. The van der Waals surface area contributed by atoms with E-state index in [1.165, 1.54) is 0 Å². The molecule has 0 aromatic heterocycles. The summed E-state index contributed by atoms with van der Waals surface area (Å²) in [7, 11) is 0. The molecule has 0 saturated heterocycles. The molecule has 2 unspecified atom stereocenters. The average Bonchev–Trinajstić information content (AvgIpc) is 2.46. The van der Waals surface area contributed by atoms with Crippen LogP contribution in [0.2, 0.25) is 5.02 Å². The molecular formula is C15H11ClO4. The Kier molecular flexibility index (Phi) is 3.24. The van der Waals surface area contributed by atoms with E-state index in [1.807, 2.05) is 0 Å². The number of aliphatic carboxylic acids is 1. The van der Waals surface area contributed by atoms with Crippen molar-refractivity contribution in [2.45, 2.75) is 12.2 Å². The maximum absolute atomic E-state index is 11.4. The van der Waals surface area contributed by atoms with Crippen molar-refractivity contribution in [3.8, 4) is 11.5 Å². The van der Waals surface area contributed by atoms with Crippen molar-refractivity contribution in [2.75, 3.05) is 0 Å². The van der Waals surface area contributed by atoms with Crippen LogP contribution in [-0.2, 0) is 4.79 Å². The third-order valence-corrected chi connectivity index (χ3v) is 3.29. The lowest BCUT2D eigenvalue weighted by molar-refractivity contribution is -0.151. The third kappa shape index (κ3) is 2.30. The van der Waals surface area contributed by atoms with Crippen LogP contribution in [0.4, 0.5) is 0 Å². The normalized spacial score (nSPS) is 20.4. The molecule has 2 aromatic carbocycles. The highest BCUT2D eigenvalue weighted by Gasteiger charge is 2.38. The summed E-state index contributed by atoms with van der Waals surface area (Å²) in [5.74, 6) is -0.127. The summed E-state index contributed by atoms with van der Waals surface area (Å²) in [5.41, 5.74) is 0.666. The molecule has 0 fully saturated rings. The maximum Gasteiger partial charge on any atom is 0.349 e. The van der Waals surface area contributed by atoms with Crippen molar-refractivity contribution in [2.24, 2.45) is 0 Å². The Morgan fingerprint density at radius 1 is 1.05 bits per heavy atom. The summed E-state index contributed by atoms with van der Waals surface area (Å²) in [6.07, 6.45) is -1.84. The zero-order valence-electron chi connectivity index (χ0n) is 10.3. The highest BCUT2D eigenvalue weighted by molar-refractivity contribution is 6.30. The fourth-order valence-corrected chi connectivity index (χ4v) is 2.35. The van der Waals surface area contributed by atoms with Gasteiger partial charge in [0.05, 0.1) is 0 Å². The van der Waals surface area contributed by atoms with Crippen molar-refractivity contribution in [1.82, 2.24) is 0 Å². The summed E-state index contributed by atoms with van der Waals surface area (Å²) in [6.45, 7) is 0. The Labute approximate surface area is 120 Å². The minimum Gasteiger partial charge on any atom is -0.478 e. The molecule has 0 radical (unpaired) electrons. The second-order valence-electron chi connectivity index (χ2n) is 4.42. The Bertz CT molecular complexity index is 656. The van der Waals surface area contributed by atoms with Crippen molar-refractivity contribution >= 4 is 17.6 Å². The van der Waals surface area contributed by atoms with Gasteiger partial charge in [-0.25, -0.2) is 4.79 Å². The fourth-order valence-electron chi connectivity index (χ4n) is 2.15. The van der Waals surface area contributed by atoms with Crippen molar-refractivity contribution < 1.29 is 19.4 Å². The number of hydrogen-bond acceptors (Lipinski definition) is 3. The summed E-state index contributed by atoms with van der Waals surface area (Å²) in [5, 5.41) is 9.85. The van der Waals surface area contributed by atoms with Crippen LogP contribution >= 0.6 is 11.6 Å². The SMILES string of the molecule is O=C(O)C1Oc2ccccc2OC1c1cccc(Cl)c1. The van der Waals surface area contributed by atoms with Crippen LogP contribution in [0.25, 0.3) is 0 Å². The van der Waals surface area contributed by atoms with Gasteiger partial charge in [-0.3, -0.25) is 0 Å². The predicted octanol–water partition coefficient (Wildman–Crippen LogP) is 3.31. The van der Waals surface area contributed by atoms with Gasteiger partial charge >= 0.3 is 5.97 Å². The Hall–Kier alpha value is -2.20. The van der Waals surface area contributed by atoms with E-state index in [9.17, 15) is 9.90 Å². The lowest BCUT2D eigenvalue weighted by Gasteiger charge is -2.31. The number of fused-ring (bicyclic) bond motifs is 1. The first-order valence-electron chi connectivity index (χ1n) is 6.06. The van der Waals surface area contributed by atoms with Crippen LogP contribution in [0.15, 0.2) is 48.5 Å². The lowest BCUT2D eigenvalue weighted by Crippen LogP contribution is -2.39. The first-order valence-corrected chi connectivity index (χ1v) is 6.43. The van der Waals surface area contributed by atoms with Gasteiger partial charge in [0.25, 0.3) is 0 Å². The first-order chi connectivity index (χ1) is 9.65. The summed E-state index contributed by atoms with van der Waals surface area (Å²) < 4.78 is 11.3. The molecule has 3 rings (SSSR count). The molecule has 1 aliphatic rings. The number of hydrogen-bond donors (Lipinski definition) is 1. The summed E-state index contributed by atoms with van der Waals surface area (Å²) in [4.78, 5) is 11.4. The van der Waals surface area contributed by atoms with Crippen LogP contribution in [0, 0.1) is 0 Å². The molecular weight excluding hydrogens is 280 g/mol. The van der Waals surface area contributed by atoms with Crippen LogP contribution in [0.3, 0.4) is 0 Å². The first kappa shape index (κ1) is 12.8. The minimum absolute atomic E-state index is 0.429. The van der Waals surface area contributed by atoms with E-state index in [-0.39, 0.29) is 0 Å². The van der Waals surface area contributed by atoms with Gasteiger partial charge in [0, 0.05) is 5.02 Å². The zero-order valence-corrected chi connectivity index (χ0v) is 11.1. The van der Waals surface area contributed by atoms with E-state index in [0.29, 0.717) is 22.1 Å². The highest BCUT2D eigenvalue weighted by Crippen LogP contribution is 2.39. The van der Waals surface area contributed by atoms with E-state index in [2.05, 4.69) is 0 Å². The topological polar surface area (TPSA) is 55.8 Å². The summed E-state index contributed by atoms with van der Waals surface area (Å²) in [6, 6.07) is 13.9. The molecule has 2 aromatic rings. The molecule has 0 amide bonds. The van der Waals surface area contributed by atoms with Gasteiger partial charge in [-0.1, -0.05) is 35.9 Å². The zero-order chi connectivity index (χ0) is 14.1. The van der Waals surface area contributed by atoms with Crippen molar-refractivity contribution in [1.29, 1.82) is 0 Å². The van der Waals surface area contributed by atoms with E-state index < -0.39 is 18.2 Å². The quantitative estimate of drug-likeness (QED) is 0.922. The average molecular weight is 291 g/mol. The summed E-state index contributed by atoms with van der Waals surface area (Å²) >= 11 is 5.95. The van der Waals surface area contributed by atoms with E-state index >= 15 is 0 Å². The molecule has 102 valence electrons. The number of carboxylic acid groups (broad SMARTS) is 1. The maximum atomic E-state index is 11.4.